The first-order valence-corrected chi connectivity index (χ1v) is 6.87. The van der Waals surface area contributed by atoms with Crippen molar-refractivity contribution < 1.29 is 0 Å². The highest BCUT2D eigenvalue weighted by molar-refractivity contribution is 7.13. The van der Waals surface area contributed by atoms with Crippen molar-refractivity contribution in [2.24, 2.45) is 5.92 Å². The van der Waals surface area contributed by atoms with Crippen molar-refractivity contribution in [1.82, 2.24) is 15.2 Å². The normalized spacial score (nSPS) is 23.4. The molecule has 3 rings (SSSR count). The number of nitrogens with zero attached hydrogens (tertiary/aromatic N) is 3. The summed E-state index contributed by atoms with van der Waals surface area (Å²) in [5.41, 5.74) is 0. The zero-order valence-corrected chi connectivity index (χ0v) is 10.2. The van der Waals surface area contributed by atoms with Crippen LogP contribution >= 0.6 is 11.3 Å². The van der Waals surface area contributed by atoms with Gasteiger partial charge in [0, 0.05) is 57.4 Å². The molecule has 0 unspecified atom stereocenters. The van der Waals surface area contributed by atoms with Gasteiger partial charge in [0.05, 0.1) is 0 Å². The number of nitrogens with one attached hydrogen (secondary N) is 1. The van der Waals surface area contributed by atoms with E-state index in [4.69, 9.17) is 0 Å². The van der Waals surface area contributed by atoms with E-state index in [0.717, 1.165) is 19.0 Å². The molecule has 0 amide bonds. The molecule has 4 nitrogen and oxygen atoms in total. The Hall–Kier alpha value is -0.650. The summed E-state index contributed by atoms with van der Waals surface area (Å²) in [5, 5.41) is 6.58. The summed E-state index contributed by atoms with van der Waals surface area (Å²) in [6, 6.07) is 0. The zero-order valence-electron chi connectivity index (χ0n) is 9.43. The molecule has 0 saturated carbocycles. The molecule has 88 valence electrons. The maximum absolute atomic E-state index is 4.37. The highest BCUT2D eigenvalue weighted by Gasteiger charge is 2.23. The second-order valence-electron chi connectivity index (χ2n) is 4.63. The van der Waals surface area contributed by atoms with E-state index in [0.29, 0.717) is 0 Å². The Morgan fingerprint density at radius 1 is 1.31 bits per heavy atom. The molecule has 0 aliphatic carbocycles. The first kappa shape index (κ1) is 10.5. The van der Waals surface area contributed by atoms with Crippen LogP contribution in [0.3, 0.4) is 0 Å². The first-order chi connectivity index (χ1) is 7.92. The molecule has 0 radical (unpaired) electrons. The second-order valence-corrected chi connectivity index (χ2v) is 5.50. The van der Waals surface area contributed by atoms with Crippen molar-refractivity contribution in [2.45, 2.75) is 0 Å². The number of hydrogen-bond donors (Lipinski definition) is 1. The fraction of sp³-hybridized carbons (Fsp3) is 0.727. The molecule has 1 aromatic heterocycles. The predicted octanol–water partition coefficient (Wildman–Crippen LogP) is 0.484. The first-order valence-electron chi connectivity index (χ1n) is 5.99. The van der Waals surface area contributed by atoms with E-state index in [1.165, 1.54) is 37.9 Å². The Kier molecular flexibility index (Phi) is 3.08. The van der Waals surface area contributed by atoms with E-state index >= 15 is 0 Å². The van der Waals surface area contributed by atoms with E-state index in [1.54, 1.807) is 11.3 Å². The summed E-state index contributed by atoms with van der Waals surface area (Å²) in [4.78, 5) is 9.36. The number of rotatable bonds is 3. The molecule has 1 N–H and O–H groups in total. The molecule has 2 aliphatic heterocycles. The van der Waals surface area contributed by atoms with Crippen LogP contribution in [-0.2, 0) is 0 Å². The lowest BCUT2D eigenvalue weighted by Crippen LogP contribution is -2.53. The third kappa shape index (κ3) is 2.21. The van der Waals surface area contributed by atoms with Crippen molar-refractivity contribution in [3.63, 3.8) is 0 Å². The molecule has 2 fully saturated rings. The van der Waals surface area contributed by atoms with E-state index in [-0.39, 0.29) is 0 Å². The van der Waals surface area contributed by atoms with Crippen LogP contribution in [0, 0.1) is 5.92 Å². The van der Waals surface area contributed by atoms with Gasteiger partial charge in [0.2, 0.25) is 0 Å². The van der Waals surface area contributed by atoms with Crippen LogP contribution in [0.4, 0.5) is 5.13 Å². The highest BCUT2D eigenvalue weighted by atomic mass is 32.1. The maximum atomic E-state index is 4.37. The highest BCUT2D eigenvalue weighted by Crippen LogP contribution is 2.19. The monoisotopic (exact) mass is 238 g/mol. The minimum Gasteiger partial charge on any atom is -0.346 e. The molecule has 1 aromatic rings. The fourth-order valence-corrected chi connectivity index (χ4v) is 3.03. The summed E-state index contributed by atoms with van der Waals surface area (Å²) >= 11 is 1.75. The molecule has 16 heavy (non-hydrogen) atoms. The fourth-order valence-electron chi connectivity index (χ4n) is 2.34. The summed E-state index contributed by atoms with van der Waals surface area (Å²) in [6.45, 7) is 8.35. The van der Waals surface area contributed by atoms with Crippen LogP contribution in [0.25, 0.3) is 0 Å². The van der Waals surface area contributed by atoms with Crippen molar-refractivity contribution in [3.8, 4) is 0 Å². The van der Waals surface area contributed by atoms with Gasteiger partial charge in [-0.3, -0.25) is 4.90 Å². The van der Waals surface area contributed by atoms with Gasteiger partial charge >= 0.3 is 0 Å². The van der Waals surface area contributed by atoms with Crippen LogP contribution in [0.15, 0.2) is 11.6 Å². The smallest absolute Gasteiger partial charge is 0.185 e. The average molecular weight is 238 g/mol. The van der Waals surface area contributed by atoms with Crippen LogP contribution in [0.1, 0.15) is 0 Å². The average Bonchev–Trinajstić information content (AvgIpc) is 2.78. The van der Waals surface area contributed by atoms with Crippen molar-refractivity contribution >= 4 is 16.5 Å². The molecule has 5 heteroatoms. The van der Waals surface area contributed by atoms with Crippen LogP contribution < -0.4 is 10.2 Å². The molecule has 2 saturated heterocycles. The van der Waals surface area contributed by atoms with E-state index in [1.807, 2.05) is 6.20 Å². The molecular weight excluding hydrogens is 220 g/mol. The number of aromatic nitrogens is 1. The molecular formula is C11H18N4S. The zero-order chi connectivity index (χ0) is 10.8. The SMILES string of the molecule is c1csc(N2CCN(CC3CNC3)CC2)n1. The number of anilines is 1. The Balaban J connectivity index is 1.48. The minimum atomic E-state index is 0.895. The van der Waals surface area contributed by atoms with Gasteiger partial charge in [-0.2, -0.15) is 0 Å². The summed E-state index contributed by atoms with van der Waals surface area (Å²) in [6.07, 6.45) is 1.90. The van der Waals surface area contributed by atoms with Gasteiger partial charge in [-0.1, -0.05) is 0 Å². The largest absolute Gasteiger partial charge is 0.346 e. The van der Waals surface area contributed by atoms with Gasteiger partial charge in [0.1, 0.15) is 0 Å². The molecule has 0 aromatic carbocycles. The maximum Gasteiger partial charge on any atom is 0.185 e. The van der Waals surface area contributed by atoms with Crippen LogP contribution in [0.5, 0.6) is 0 Å². The molecule has 3 heterocycles. The van der Waals surface area contributed by atoms with Crippen LogP contribution in [-0.4, -0.2) is 55.7 Å². The van der Waals surface area contributed by atoms with Crippen molar-refractivity contribution in [1.29, 1.82) is 0 Å². The van der Waals surface area contributed by atoms with Gasteiger partial charge in [-0.05, 0) is 5.92 Å². The lowest BCUT2D eigenvalue weighted by atomic mass is 10.0. The minimum absolute atomic E-state index is 0.895. The van der Waals surface area contributed by atoms with Gasteiger partial charge in [-0.25, -0.2) is 4.98 Å². The second kappa shape index (κ2) is 4.69. The predicted molar refractivity (Wildman–Crippen MR) is 67.1 cm³/mol. The molecule has 0 atom stereocenters. The number of hydrogen-bond acceptors (Lipinski definition) is 5. The van der Waals surface area contributed by atoms with Gasteiger partial charge in [0.15, 0.2) is 5.13 Å². The van der Waals surface area contributed by atoms with Gasteiger partial charge in [-0.15, -0.1) is 11.3 Å². The Morgan fingerprint density at radius 3 is 2.69 bits per heavy atom. The van der Waals surface area contributed by atoms with E-state index in [9.17, 15) is 0 Å². The molecule has 0 spiro atoms. The summed E-state index contributed by atoms with van der Waals surface area (Å²) in [5.74, 6) is 0.895. The quantitative estimate of drug-likeness (QED) is 0.830. The summed E-state index contributed by atoms with van der Waals surface area (Å²) in [7, 11) is 0. The number of thiazole rings is 1. The van der Waals surface area contributed by atoms with E-state index in [2.05, 4.69) is 25.5 Å². The Morgan fingerprint density at radius 2 is 2.12 bits per heavy atom. The lowest BCUT2D eigenvalue weighted by molar-refractivity contribution is 0.184. The van der Waals surface area contributed by atoms with Gasteiger partial charge in [0.25, 0.3) is 0 Å². The number of piperazine rings is 1. The summed E-state index contributed by atoms with van der Waals surface area (Å²) < 4.78 is 0. The standard InChI is InChI=1S/C11H18N4S/c1-6-16-11(13-1)15-4-2-14(3-5-15)9-10-7-12-8-10/h1,6,10,12H,2-5,7-9H2. The van der Waals surface area contributed by atoms with Crippen molar-refractivity contribution in [3.05, 3.63) is 11.6 Å². The Labute approximate surface area is 100 Å². The topological polar surface area (TPSA) is 31.4 Å². The third-order valence-electron chi connectivity index (χ3n) is 3.44. The third-order valence-corrected chi connectivity index (χ3v) is 4.28. The van der Waals surface area contributed by atoms with E-state index < -0.39 is 0 Å². The van der Waals surface area contributed by atoms with Gasteiger partial charge < -0.3 is 10.2 Å². The molecule has 2 aliphatic rings. The molecule has 0 bridgehead atoms. The van der Waals surface area contributed by atoms with Crippen molar-refractivity contribution in [2.75, 3.05) is 50.7 Å². The van der Waals surface area contributed by atoms with Crippen LogP contribution in [0.2, 0.25) is 0 Å². The Bertz CT molecular complexity index is 315. The lowest BCUT2D eigenvalue weighted by Gasteiger charge is -2.38.